The fourth-order valence-electron chi connectivity index (χ4n) is 2.47. The number of anilines is 1. The van der Waals surface area contributed by atoms with E-state index in [4.69, 9.17) is 5.73 Å². The predicted octanol–water partition coefficient (Wildman–Crippen LogP) is 1.65. The molecule has 90 valence electrons. The van der Waals surface area contributed by atoms with Gasteiger partial charge in [0.1, 0.15) is 5.82 Å². The summed E-state index contributed by atoms with van der Waals surface area (Å²) in [5.74, 6) is 1.39. The topological polar surface area (TPSA) is 57.9 Å². The molecule has 0 saturated carbocycles. The maximum atomic E-state index is 5.59. The van der Waals surface area contributed by atoms with Crippen LogP contribution in [0, 0.1) is 5.92 Å². The van der Waals surface area contributed by atoms with Gasteiger partial charge in [0, 0.05) is 17.8 Å². The zero-order valence-electron chi connectivity index (χ0n) is 10.2. The number of nitrogens with zero attached hydrogens (tertiary/aromatic N) is 2. The van der Waals surface area contributed by atoms with Gasteiger partial charge in [-0.1, -0.05) is 0 Å². The van der Waals surface area contributed by atoms with Crippen LogP contribution < -0.4 is 5.73 Å². The van der Waals surface area contributed by atoms with Crippen molar-refractivity contribution in [2.75, 3.05) is 18.8 Å². The number of nitrogens with one attached hydrogen (secondary N) is 1. The van der Waals surface area contributed by atoms with Crippen LogP contribution in [0.2, 0.25) is 0 Å². The molecule has 0 radical (unpaired) electrons. The third-order valence-electron chi connectivity index (χ3n) is 3.54. The predicted molar refractivity (Wildman–Crippen MR) is 66.1 cm³/mol. The lowest BCUT2D eigenvalue weighted by Gasteiger charge is -2.34. The second-order valence-electron chi connectivity index (χ2n) is 5.10. The molecule has 3 N–H and O–H groups in total. The molecule has 0 atom stereocenters. The molecule has 4 nitrogen and oxygen atoms in total. The van der Waals surface area contributed by atoms with Gasteiger partial charge in [-0.2, -0.15) is 5.10 Å². The van der Waals surface area contributed by atoms with Crippen LogP contribution in [0.4, 0.5) is 5.82 Å². The van der Waals surface area contributed by atoms with Crippen molar-refractivity contribution in [2.24, 2.45) is 5.92 Å². The average molecular weight is 222 g/mol. The van der Waals surface area contributed by atoms with Crippen molar-refractivity contribution in [3.05, 3.63) is 11.8 Å². The molecule has 1 aromatic rings. The van der Waals surface area contributed by atoms with Crippen LogP contribution in [-0.4, -0.2) is 34.2 Å². The molecule has 1 saturated heterocycles. The molecule has 0 spiro atoms. The summed E-state index contributed by atoms with van der Waals surface area (Å²) in [5, 5.41) is 6.97. The van der Waals surface area contributed by atoms with Gasteiger partial charge in [-0.05, 0) is 52.1 Å². The van der Waals surface area contributed by atoms with Gasteiger partial charge in [0.2, 0.25) is 0 Å². The minimum atomic E-state index is 0.606. The Morgan fingerprint density at radius 3 is 2.69 bits per heavy atom. The monoisotopic (exact) mass is 222 g/mol. The first-order valence-corrected chi connectivity index (χ1v) is 6.19. The number of nitrogens with two attached hydrogens (primary N) is 1. The number of piperidine rings is 1. The Hall–Kier alpha value is -1.03. The quantitative estimate of drug-likeness (QED) is 0.817. The van der Waals surface area contributed by atoms with E-state index in [2.05, 4.69) is 28.9 Å². The van der Waals surface area contributed by atoms with Crippen molar-refractivity contribution >= 4 is 5.82 Å². The van der Waals surface area contributed by atoms with E-state index in [0.29, 0.717) is 11.9 Å². The molecule has 1 aromatic heterocycles. The maximum absolute atomic E-state index is 5.59. The SMILES string of the molecule is CC(C)N1CCC(Cc2cc(N)n[nH]2)CC1. The van der Waals surface area contributed by atoms with Crippen molar-refractivity contribution in [3.8, 4) is 0 Å². The number of likely N-dealkylation sites (tertiary alicyclic amines) is 1. The minimum absolute atomic E-state index is 0.606. The Bertz CT molecular complexity index is 324. The van der Waals surface area contributed by atoms with Gasteiger partial charge >= 0.3 is 0 Å². The molecule has 0 aliphatic carbocycles. The van der Waals surface area contributed by atoms with Crippen molar-refractivity contribution < 1.29 is 0 Å². The molecule has 0 amide bonds. The molecule has 0 unspecified atom stereocenters. The van der Waals surface area contributed by atoms with Crippen LogP contribution >= 0.6 is 0 Å². The van der Waals surface area contributed by atoms with E-state index in [1.54, 1.807) is 0 Å². The highest BCUT2D eigenvalue weighted by Crippen LogP contribution is 2.22. The van der Waals surface area contributed by atoms with Gasteiger partial charge in [0.05, 0.1) is 0 Å². The zero-order valence-corrected chi connectivity index (χ0v) is 10.2. The van der Waals surface area contributed by atoms with Crippen molar-refractivity contribution in [1.82, 2.24) is 15.1 Å². The largest absolute Gasteiger partial charge is 0.382 e. The molecule has 2 rings (SSSR count). The summed E-state index contributed by atoms with van der Waals surface area (Å²) in [5.41, 5.74) is 6.78. The van der Waals surface area contributed by atoms with E-state index >= 15 is 0 Å². The first-order valence-electron chi connectivity index (χ1n) is 6.19. The van der Waals surface area contributed by atoms with Gasteiger partial charge < -0.3 is 10.6 Å². The highest BCUT2D eigenvalue weighted by molar-refractivity contribution is 5.28. The number of rotatable bonds is 3. The minimum Gasteiger partial charge on any atom is -0.382 e. The number of hydrogen-bond donors (Lipinski definition) is 2. The van der Waals surface area contributed by atoms with Crippen LogP contribution in [-0.2, 0) is 6.42 Å². The molecule has 16 heavy (non-hydrogen) atoms. The van der Waals surface area contributed by atoms with Crippen LogP contribution in [0.1, 0.15) is 32.4 Å². The molecule has 2 heterocycles. The fourth-order valence-corrected chi connectivity index (χ4v) is 2.47. The number of nitrogen functional groups attached to an aromatic ring is 1. The van der Waals surface area contributed by atoms with Gasteiger partial charge in [0.25, 0.3) is 0 Å². The summed E-state index contributed by atoms with van der Waals surface area (Å²) in [4.78, 5) is 2.55. The van der Waals surface area contributed by atoms with Gasteiger partial charge in [0.15, 0.2) is 0 Å². The molecule has 0 aromatic carbocycles. The zero-order chi connectivity index (χ0) is 11.5. The third kappa shape index (κ3) is 2.76. The summed E-state index contributed by atoms with van der Waals surface area (Å²) in [6.07, 6.45) is 3.67. The van der Waals surface area contributed by atoms with Crippen molar-refractivity contribution in [1.29, 1.82) is 0 Å². The molecule has 1 aliphatic heterocycles. The van der Waals surface area contributed by atoms with Gasteiger partial charge in [-0.15, -0.1) is 0 Å². The standard InChI is InChI=1S/C12H22N4/c1-9(2)16-5-3-10(4-6-16)7-11-8-12(13)15-14-11/h8-10H,3-7H2,1-2H3,(H3,13,14,15). The van der Waals surface area contributed by atoms with E-state index in [1.807, 2.05) is 6.07 Å². The lowest BCUT2D eigenvalue weighted by Crippen LogP contribution is -2.38. The number of hydrogen-bond acceptors (Lipinski definition) is 3. The van der Waals surface area contributed by atoms with Crippen LogP contribution in [0.15, 0.2) is 6.07 Å². The number of aromatic amines is 1. The van der Waals surface area contributed by atoms with E-state index in [9.17, 15) is 0 Å². The van der Waals surface area contributed by atoms with E-state index < -0.39 is 0 Å². The highest BCUT2D eigenvalue weighted by atomic mass is 15.2. The molecular weight excluding hydrogens is 200 g/mol. The second kappa shape index (κ2) is 4.87. The summed E-state index contributed by atoms with van der Waals surface area (Å²) in [6, 6.07) is 2.64. The normalized spacial score (nSPS) is 19.4. The van der Waals surface area contributed by atoms with Crippen molar-refractivity contribution in [2.45, 2.75) is 39.2 Å². The summed E-state index contributed by atoms with van der Waals surface area (Å²) < 4.78 is 0. The van der Waals surface area contributed by atoms with E-state index in [-0.39, 0.29) is 0 Å². The second-order valence-corrected chi connectivity index (χ2v) is 5.10. The lowest BCUT2D eigenvalue weighted by atomic mass is 9.91. The maximum Gasteiger partial charge on any atom is 0.145 e. The Labute approximate surface area is 97.2 Å². The van der Waals surface area contributed by atoms with E-state index in [0.717, 1.165) is 12.3 Å². The average Bonchev–Trinajstić information content (AvgIpc) is 2.65. The third-order valence-corrected chi connectivity index (χ3v) is 3.54. The molecule has 1 fully saturated rings. The summed E-state index contributed by atoms with van der Waals surface area (Å²) in [7, 11) is 0. The van der Waals surface area contributed by atoms with Crippen LogP contribution in [0.3, 0.4) is 0 Å². The fraction of sp³-hybridized carbons (Fsp3) is 0.750. The smallest absolute Gasteiger partial charge is 0.145 e. The van der Waals surface area contributed by atoms with Gasteiger partial charge in [-0.3, -0.25) is 5.10 Å². The summed E-state index contributed by atoms with van der Waals surface area (Å²) >= 11 is 0. The van der Waals surface area contributed by atoms with Crippen LogP contribution in [0.25, 0.3) is 0 Å². The van der Waals surface area contributed by atoms with Crippen LogP contribution in [0.5, 0.6) is 0 Å². The summed E-state index contributed by atoms with van der Waals surface area (Å²) in [6.45, 7) is 7.00. The molecule has 0 bridgehead atoms. The Morgan fingerprint density at radius 1 is 1.50 bits per heavy atom. The van der Waals surface area contributed by atoms with Crippen molar-refractivity contribution in [3.63, 3.8) is 0 Å². The Balaban J connectivity index is 1.81. The first-order chi connectivity index (χ1) is 7.65. The highest BCUT2D eigenvalue weighted by Gasteiger charge is 2.21. The molecule has 1 aliphatic rings. The molecule has 4 heteroatoms. The Morgan fingerprint density at radius 2 is 2.19 bits per heavy atom. The number of aromatic nitrogens is 2. The lowest BCUT2D eigenvalue weighted by molar-refractivity contribution is 0.149. The van der Waals surface area contributed by atoms with Gasteiger partial charge in [-0.25, -0.2) is 0 Å². The Kier molecular flexibility index (Phi) is 3.49. The van der Waals surface area contributed by atoms with E-state index in [1.165, 1.54) is 31.6 Å². The number of H-pyrrole nitrogens is 1. The molecular formula is C12H22N4. The first kappa shape index (κ1) is 11.5.